The lowest BCUT2D eigenvalue weighted by Gasteiger charge is -2.09. The van der Waals surface area contributed by atoms with Crippen LogP contribution in [0.3, 0.4) is 0 Å². The van der Waals surface area contributed by atoms with Crippen molar-refractivity contribution >= 4 is 21.8 Å². The van der Waals surface area contributed by atoms with Gasteiger partial charge in [0.1, 0.15) is 0 Å². The predicted octanol–water partition coefficient (Wildman–Crippen LogP) is 4.42. The van der Waals surface area contributed by atoms with E-state index >= 15 is 0 Å². The van der Waals surface area contributed by atoms with Crippen molar-refractivity contribution in [1.29, 1.82) is 0 Å². The monoisotopic (exact) mass is 305 g/mol. The summed E-state index contributed by atoms with van der Waals surface area (Å²) >= 11 is 3.60. The first-order chi connectivity index (χ1) is 8.16. The Labute approximate surface area is 115 Å². The molecule has 0 saturated carbocycles. The summed E-state index contributed by atoms with van der Waals surface area (Å²) in [6.45, 7) is 4.58. The van der Waals surface area contributed by atoms with Crippen LogP contribution in [0.2, 0.25) is 0 Å². The Hall–Kier alpha value is -0.0500. The van der Waals surface area contributed by atoms with Crippen LogP contribution >= 0.6 is 15.9 Å². The fraction of sp³-hybridized carbons (Fsp3) is 0.929. The summed E-state index contributed by atoms with van der Waals surface area (Å²) in [5.41, 5.74) is 0. The molecule has 3 heteroatoms. The highest BCUT2D eigenvalue weighted by atomic mass is 79.9. The van der Waals surface area contributed by atoms with Crippen molar-refractivity contribution < 1.29 is 4.79 Å². The summed E-state index contributed by atoms with van der Waals surface area (Å²) in [6.07, 6.45) is 12.0. The minimum Gasteiger partial charge on any atom is -0.355 e. The van der Waals surface area contributed by atoms with E-state index in [-0.39, 0.29) is 5.91 Å². The van der Waals surface area contributed by atoms with E-state index < -0.39 is 0 Å². The van der Waals surface area contributed by atoms with Crippen molar-refractivity contribution in [3.63, 3.8) is 0 Å². The number of carbonyl (C=O) groups is 1. The molecule has 0 aromatic heterocycles. The number of amides is 1. The predicted molar refractivity (Wildman–Crippen MR) is 78.6 cm³/mol. The van der Waals surface area contributed by atoms with Gasteiger partial charge in [-0.05, 0) is 6.42 Å². The van der Waals surface area contributed by atoms with E-state index in [4.69, 9.17) is 0 Å². The maximum atomic E-state index is 10.7. The Morgan fingerprint density at radius 2 is 1.59 bits per heavy atom. The average molecular weight is 306 g/mol. The van der Waals surface area contributed by atoms with Crippen LogP contribution in [0.5, 0.6) is 0 Å². The van der Waals surface area contributed by atoms with Crippen LogP contribution in [0.25, 0.3) is 0 Å². The normalized spacial score (nSPS) is 12.4. The van der Waals surface area contributed by atoms with Gasteiger partial charge in [-0.2, -0.15) is 0 Å². The van der Waals surface area contributed by atoms with E-state index in [2.05, 4.69) is 28.2 Å². The quantitative estimate of drug-likeness (QED) is 0.444. The number of hydrogen-bond acceptors (Lipinski definition) is 1. The zero-order valence-corrected chi connectivity index (χ0v) is 13.0. The fourth-order valence-corrected chi connectivity index (χ4v) is 2.34. The maximum absolute atomic E-state index is 10.7. The van der Waals surface area contributed by atoms with Gasteiger partial charge in [0.15, 0.2) is 0 Å². The maximum Gasteiger partial charge on any atom is 0.216 e. The highest BCUT2D eigenvalue weighted by molar-refractivity contribution is 9.09. The highest BCUT2D eigenvalue weighted by Gasteiger charge is 2.03. The van der Waals surface area contributed by atoms with Crippen molar-refractivity contribution in [2.24, 2.45) is 0 Å². The van der Waals surface area contributed by atoms with E-state index in [0.717, 1.165) is 13.0 Å². The van der Waals surface area contributed by atoms with Gasteiger partial charge >= 0.3 is 0 Å². The second-order valence-electron chi connectivity index (χ2n) is 4.80. The van der Waals surface area contributed by atoms with E-state index in [1.807, 2.05) is 0 Å². The molecule has 17 heavy (non-hydrogen) atoms. The number of unbranched alkanes of at least 4 members (excludes halogenated alkanes) is 7. The molecule has 1 unspecified atom stereocenters. The minimum absolute atomic E-state index is 0.0605. The van der Waals surface area contributed by atoms with Crippen molar-refractivity contribution in [2.45, 2.75) is 76.5 Å². The average Bonchev–Trinajstić information content (AvgIpc) is 2.30. The van der Waals surface area contributed by atoms with Crippen molar-refractivity contribution in [2.75, 3.05) is 6.54 Å². The Bertz CT molecular complexity index is 185. The van der Waals surface area contributed by atoms with Crippen molar-refractivity contribution in [3.8, 4) is 0 Å². The number of alkyl halides is 1. The van der Waals surface area contributed by atoms with Crippen molar-refractivity contribution in [1.82, 2.24) is 5.32 Å². The van der Waals surface area contributed by atoms with Crippen LogP contribution in [0, 0.1) is 0 Å². The Balaban J connectivity index is 3.13. The summed E-state index contributed by atoms with van der Waals surface area (Å²) < 4.78 is 0. The number of rotatable bonds is 11. The number of hydrogen-bond donors (Lipinski definition) is 1. The number of carbonyl (C=O) groups excluding carboxylic acids is 1. The SMILES string of the molecule is CCCCCCCCCCC(Br)CNC(C)=O. The van der Waals surface area contributed by atoms with Gasteiger partial charge in [0.05, 0.1) is 0 Å². The van der Waals surface area contributed by atoms with Gasteiger partial charge in [-0.3, -0.25) is 4.79 Å². The summed E-state index contributed by atoms with van der Waals surface area (Å²) in [4.78, 5) is 11.2. The molecule has 0 aliphatic heterocycles. The van der Waals surface area contributed by atoms with Crippen LogP contribution < -0.4 is 5.32 Å². The van der Waals surface area contributed by atoms with E-state index in [0.29, 0.717) is 4.83 Å². The van der Waals surface area contributed by atoms with Crippen LogP contribution in [0.1, 0.15) is 71.6 Å². The lowest BCUT2D eigenvalue weighted by molar-refractivity contribution is -0.118. The molecule has 102 valence electrons. The Morgan fingerprint density at radius 3 is 2.12 bits per heavy atom. The molecule has 0 aromatic carbocycles. The molecule has 0 bridgehead atoms. The molecular weight excluding hydrogens is 278 g/mol. The molecule has 0 radical (unpaired) electrons. The van der Waals surface area contributed by atoms with Gasteiger partial charge < -0.3 is 5.32 Å². The summed E-state index contributed by atoms with van der Waals surface area (Å²) in [7, 11) is 0. The third kappa shape index (κ3) is 13.9. The largest absolute Gasteiger partial charge is 0.355 e. The first-order valence-corrected chi connectivity index (χ1v) is 7.97. The molecule has 1 N–H and O–H groups in total. The molecule has 0 spiro atoms. The standard InChI is InChI=1S/C14H28BrNO/c1-3-4-5-6-7-8-9-10-11-14(15)12-16-13(2)17/h14H,3-12H2,1-2H3,(H,16,17). The van der Waals surface area contributed by atoms with E-state index in [1.54, 1.807) is 6.92 Å². The number of nitrogens with one attached hydrogen (secondary N) is 1. The van der Waals surface area contributed by atoms with Crippen molar-refractivity contribution in [3.05, 3.63) is 0 Å². The lowest BCUT2D eigenvalue weighted by Crippen LogP contribution is -2.27. The van der Waals surface area contributed by atoms with E-state index in [9.17, 15) is 4.79 Å². The summed E-state index contributed by atoms with van der Waals surface area (Å²) in [5, 5.41) is 2.83. The smallest absolute Gasteiger partial charge is 0.216 e. The summed E-state index contributed by atoms with van der Waals surface area (Å²) in [5.74, 6) is 0.0605. The van der Waals surface area contributed by atoms with Crippen LogP contribution in [-0.2, 0) is 4.79 Å². The second kappa shape index (κ2) is 12.4. The van der Waals surface area contributed by atoms with Crippen LogP contribution in [0.4, 0.5) is 0 Å². The highest BCUT2D eigenvalue weighted by Crippen LogP contribution is 2.13. The molecule has 0 fully saturated rings. The van der Waals surface area contributed by atoms with Gasteiger partial charge in [0.25, 0.3) is 0 Å². The van der Waals surface area contributed by atoms with Gasteiger partial charge in [0.2, 0.25) is 5.91 Å². The molecule has 0 aliphatic carbocycles. The first kappa shape index (κ1) is 16.9. The zero-order chi connectivity index (χ0) is 12.9. The topological polar surface area (TPSA) is 29.1 Å². The molecule has 0 aromatic rings. The number of halogens is 1. The molecule has 1 amide bonds. The Kier molecular flexibility index (Phi) is 12.4. The molecule has 1 atom stereocenters. The van der Waals surface area contributed by atoms with Gasteiger partial charge in [-0.1, -0.05) is 74.2 Å². The van der Waals surface area contributed by atoms with Gasteiger partial charge in [-0.25, -0.2) is 0 Å². The molecule has 2 nitrogen and oxygen atoms in total. The second-order valence-corrected chi connectivity index (χ2v) is 6.09. The zero-order valence-electron chi connectivity index (χ0n) is 11.4. The van der Waals surface area contributed by atoms with Crippen LogP contribution in [0.15, 0.2) is 0 Å². The molecular formula is C14H28BrNO. The lowest BCUT2D eigenvalue weighted by atomic mass is 10.1. The first-order valence-electron chi connectivity index (χ1n) is 7.05. The molecule has 0 heterocycles. The van der Waals surface area contributed by atoms with Gasteiger partial charge in [0, 0.05) is 18.3 Å². The Morgan fingerprint density at radius 1 is 1.06 bits per heavy atom. The van der Waals surface area contributed by atoms with E-state index in [1.165, 1.54) is 51.4 Å². The third-order valence-corrected chi connectivity index (χ3v) is 3.72. The fourth-order valence-electron chi connectivity index (χ4n) is 1.86. The summed E-state index contributed by atoms with van der Waals surface area (Å²) in [6, 6.07) is 0. The van der Waals surface area contributed by atoms with Crippen LogP contribution in [-0.4, -0.2) is 17.3 Å². The molecule has 0 rings (SSSR count). The minimum atomic E-state index is 0.0605. The molecule has 0 aliphatic rings. The molecule has 0 saturated heterocycles. The van der Waals surface area contributed by atoms with Gasteiger partial charge in [-0.15, -0.1) is 0 Å². The third-order valence-electron chi connectivity index (χ3n) is 2.94.